The molecular formula is C13H15NO2S. The molecule has 0 aromatic heterocycles. The van der Waals surface area contributed by atoms with Crippen LogP contribution >= 0.6 is 11.8 Å². The second kappa shape index (κ2) is 5.36. The van der Waals surface area contributed by atoms with Crippen LogP contribution in [0.2, 0.25) is 0 Å². The molecule has 1 aromatic carbocycles. The number of nitrogens with one attached hydrogen (secondary N) is 1. The van der Waals surface area contributed by atoms with Gasteiger partial charge in [-0.1, -0.05) is 0 Å². The highest BCUT2D eigenvalue weighted by Crippen LogP contribution is 2.32. The number of carbonyl (C=O) groups excluding carboxylic acids is 2. The third-order valence-corrected chi connectivity index (χ3v) is 3.62. The van der Waals surface area contributed by atoms with Gasteiger partial charge in [0.05, 0.1) is 5.75 Å². The van der Waals surface area contributed by atoms with Crippen molar-refractivity contribution in [3.63, 3.8) is 0 Å². The van der Waals surface area contributed by atoms with E-state index in [4.69, 9.17) is 0 Å². The minimum absolute atomic E-state index is 0.0747. The van der Waals surface area contributed by atoms with Crippen molar-refractivity contribution in [1.82, 2.24) is 0 Å². The van der Waals surface area contributed by atoms with Gasteiger partial charge in [0.25, 0.3) is 0 Å². The smallest absolute Gasteiger partial charge is 0.221 e. The molecule has 90 valence electrons. The lowest BCUT2D eigenvalue weighted by atomic mass is 10.3. The van der Waals surface area contributed by atoms with E-state index >= 15 is 0 Å². The highest BCUT2D eigenvalue weighted by molar-refractivity contribution is 8.00. The fraction of sp³-hybridized carbons (Fsp3) is 0.385. The van der Waals surface area contributed by atoms with Crippen LogP contribution in [0.5, 0.6) is 0 Å². The van der Waals surface area contributed by atoms with Gasteiger partial charge in [-0.05, 0) is 37.1 Å². The van der Waals surface area contributed by atoms with E-state index in [1.165, 1.54) is 6.92 Å². The van der Waals surface area contributed by atoms with E-state index < -0.39 is 0 Å². The summed E-state index contributed by atoms with van der Waals surface area (Å²) in [6, 6.07) is 7.56. The molecule has 0 saturated heterocycles. The van der Waals surface area contributed by atoms with Gasteiger partial charge in [0.2, 0.25) is 5.91 Å². The van der Waals surface area contributed by atoms with Crippen molar-refractivity contribution in [2.45, 2.75) is 24.7 Å². The number of Topliss-reactive ketones (excluding diaryl/α,β-unsaturated/α-hetero) is 1. The first kappa shape index (κ1) is 12.2. The molecule has 0 spiro atoms. The standard InChI is InChI=1S/C13H15NO2S/c1-9(15)14-11-4-6-12(7-5-11)17-8-13(16)10-2-3-10/h4-7,10H,2-3,8H2,1H3,(H,14,15). The van der Waals surface area contributed by atoms with Crippen LogP contribution in [0, 0.1) is 5.92 Å². The van der Waals surface area contributed by atoms with Crippen LogP contribution in [0.25, 0.3) is 0 Å². The number of thioether (sulfide) groups is 1. The summed E-state index contributed by atoms with van der Waals surface area (Å²) in [6.07, 6.45) is 2.14. The van der Waals surface area contributed by atoms with Gasteiger partial charge in [-0.2, -0.15) is 0 Å². The molecule has 1 saturated carbocycles. The molecule has 0 radical (unpaired) electrons. The van der Waals surface area contributed by atoms with Crippen molar-refractivity contribution in [1.29, 1.82) is 0 Å². The molecule has 1 N–H and O–H groups in total. The topological polar surface area (TPSA) is 46.2 Å². The van der Waals surface area contributed by atoms with E-state index in [9.17, 15) is 9.59 Å². The van der Waals surface area contributed by atoms with Gasteiger partial charge in [0, 0.05) is 23.4 Å². The summed E-state index contributed by atoms with van der Waals surface area (Å²) in [4.78, 5) is 23.4. The molecule has 3 nitrogen and oxygen atoms in total. The van der Waals surface area contributed by atoms with Gasteiger partial charge in [0.15, 0.2) is 0 Å². The molecule has 0 heterocycles. The monoisotopic (exact) mass is 249 g/mol. The van der Waals surface area contributed by atoms with Crippen LogP contribution in [0.1, 0.15) is 19.8 Å². The largest absolute Gasteiger partial charge is 0.326 e. The van der Waals surface area contributed by atoms with E-state index in [0.29, 0.717) is 17.5 Å². The molecule has 1 aliphatic carbocycles. The molecular weight excluding hydrogens is 234 g/mol. The Labute approximate surface area is 105 Å². The molecule has 2 rings (SSSR count). The predicted octanol–water partition coefficient (Wildman–Crippen LogP) is 2.72. The summed E-state index contributed by atoms with van der Waals surface area (Å²) in [7, 11) is 0. The molecule has 17 heavy (non-hydrogen) atoms. The number of amides is 1. The number of anilines is 1. The Bertz CT molecular complexity index is 424. The maximum absolute atomic E-state index is 11.5. The van der Waals surface area contributed by atoms with Crippen molar-refractivity contribution >= 4 is 29.1 Å². The Morgan fingerprint density at radius 1 is 1.29 bits per heavy atom. The molecule has 1 fully saturated rings. The van der Waals surface area contributed by atoms with Gasteiger partial charge in [0.1, 0.15) is 5.78 Å². The van der Waals surface area contributed by atoms with Crippen LogP contribution in [0.4, 0.5) is 5.69 Å². The van der Waals surface area contributed by atoms with Crippen molar-refractivity contribution in [2.75, 3.05) is 11.1 Å². The van der Waals surface area contributed by atoms with E-state index in [1.807, 2.05) is 24.3 Å². The lowest BCUT2D eigenvalue weighted by Gasteiger charge is -2.04. The first-order valence-corrected chi connectivity index (χ1v) is 6.67. The van der Waals surface area contributed by atoms with Crippen molar-refractivity contribution in [3.8, 4) is 0 Å². The van der Waals surface area contributed by atoms with Gasteiger partial charge in [-0.25, -0.2) is 0 Å². The first-order chi connectivity index (χ1) is 8.15. The summed E-state index contributed by atoms with van der Waals surface area (Å²) in [6.45, 7) is 1.48. The predicted molar refractivity (Wildman–Crippen MR) is 69.2 cm³/mol. The molecule has 0 aliphatic heterocycles. The molecule has 1 aromatic rings. The second-order valence-electron chi connectivity index (χ2n) is 4.23. The second-order valence-corrected chi connectivity index (χ2v) is 5.28. The molecule has 4 heteroatoms. The van der Waals surface area contributed by atoms with Gasteiger partial charge < -0.3 is 5.32 Å². The third-order valence-electron chi connectivity index (χ3n) is 2.59. The number of ketones is 1. The van der Waals surface area contributed by atoms with E-state index in [2.05, 4.69) is 5.32 Å². The molecule has 0 atom stereocenters. The average molecular weight is 249 g/mol. The Kier molecular flexibility index (Phi) is 3.84. The molecule has 1 amide bonds. The van der Waals surface area contributed by atoms with E-state index in [1.54, 1.807) is 11.8 Å². The van der Waals surface area contributed by atoms with Crippen LogP contribution in [-0.4, -0.2) is 17.4 Å². The zero-order valence-electron chi connectivity index (χ0n) is 9.73. The van der Waals surface area contributed by atoms with Crippen LogP contribution < -0.4 is 5.32 Å². The summed E-state index contributed by atoms with van der Waals surface area (Å²) < 4.78 is 0. The van der Waals surface area contributed by atoms with Crippen molar-refractivity contribution < 1.29 is 9.59 Å². The highest BCUT2D eigenvalue weighted by atomic mass is 32.2. The fourth-order valence-electron chi connectivity index (χ4n) is 1.52. The summed E-state index contributed by atoms with van der Waals surface area (Å²) >= 11 is 1.56. The fourth-order valence-corrected chi connectivity index (χ4v) is 2.39. The van der Waals surface area contributed by atoms with Crippen molar-refractivity contribution in [3.05, 3.63) is 24.3 Å². The van der Waals surface area contributed by atoms with Crippen molar-refractivity contribution in [2.24, 2.45) is 5.92 Å². The third kappa shape index (κ3) is 3.89. The summed E-state index contributed by atoms with van der Waals surface area (Å²) in [5, 5.41) is 2.71. The maximum atomic E-state index is 11.5. The number of hydrogen-bond acceptors (Lipinski definition) is 3. The zero-order chi connectivity index (χ0) is 12.3. The number of hydrogen-bond donors (Lipinski definition) is 1. The molecule has 1 aliphatic rings. The van der Waals surface area contributed by atoms with Gasteiger partial charge >= 0.3 is 0 Å². The lowest BCUT2D eigenvalue weighted by Crippen LogP contribution is -2.05. The Morgan fingerprint density at radius 3 is 2.47 bits per heavy atom. The molecule has 0 unspecified atom stereocenters. The Balaban J connectivity index is 1.84. The highest BCUT2D eigenvalue weighted by Gasteiger charge is 2.28. The van der Waals surface area contributed by atoms with Crippen LogP contribution in [0.3, 0.4) is 0 Å². The van der Waals surface area contributed by atoms with Crippen LogP contribution in [0.15, 0.2) is 29.2 Å². The Hall–Kier alpha value is -1.29. The molecule has 0 bridgehead atoms. The Morgan fingerprint density at radius 2 is 1.94 bits per heavy atom. The van der Waals surface area contributed by atoms with Crippen LogP contribution in [-0.2, 0) is 9.59 Å². The van der Waals surface area contributed by atoms with Gasteiger partial charge in [-0.15, -0.1) is 11.8 Å². The minimum Gasteiger partial charge on any atom is -0.326 e. The zero-order valence-corrected chi connectivity index (χ0v) is 10.5. The SMILES string of the molecule is CC(=O)Nc1ccc(SCC(=O)C2CC2)cc1. The normalized spacial score (nSPS) is 14.4. The number of carbonyl (C=O) groups is 2. The first-order valence-electron chi connectivity index (χ1n) is 5.68. The van der Waals surface area contributed by atoms with E-state index in [-0.39, 0.29) is 5.91 Å². The minimum atomic E-state index is -0.0747. The van der Waals surface area contributed by atoms with Gasteiger partial charge in [-0.3, -0.25) is 9.59 Å². The summed E-state index contributed by atoms with van der Waals surface area (Å²) in [5.74, 6) is 1.18. The number of rotatable bonds is 5. The average Bonchev–Trinajstić information content (AvgIpc) is 3.11. The summed E-state index contributed by atoms with van der Waals surface area (Å²) in [5.41, 5.74) is 0.787. The number of benzene rings is 1. The lowest BCUT2D eigenvalue weighted by molar-refractivity contribution is -0.117. The maximum Gasteiger partial charge on any atom is 0.221 e. The van der Waals surface area contributed by atoms with E-state index in [0.717, 1.165) is 23.4 Å². The quantitative estimate of drug-likeness (QED) is 0.816.